The van der Waals surface area contributed by atoms with Gasteiger partial charge in [0, 0.05) is 5.56 Å². The molecule has 0 aliphatic heterocycles. The minimum Gasteiger partial charge on any atom is -0.495 e. The lowest BCUT2D eigenvalue weighted by Gasteiger charge is -2.04. The molecule has 0 spiro atoms. The van der Waals surface area contributed by atoms with E-state index in [1.54, 1.807) is 31.2 Å². The van der Waals surface area contributed by atoms with Crippen LogP contribution in [0.3, 0.4) is 0 Å². The molecule has 1 heterocycles. The zero-order valence-corrected chi connectivity index (χ0v) is 10.2. The second-order valence-electron chi connectivity index (χ2n) is 3.62. The minimum absolute atomic E-state index is 0.119. The summed E-state index contributed by atoms with van der Waals surface area (Å²) in [6.07, 6.45) is 1.44. The summed E-state index contributed by atoms with van der Waals surface area (Å²) in [6, 6.07) is 6.63. The molecule has 4 heteroatoms. The molecule has 0 fully saturated rings. The zero-order chi connectivity index (χ0) is 12.4. The molecule has 0 aliphatic carbocycles. The number of halogens is 1. The van der Waals surface area contributed by atoms with Crippen LogP contribution in [0.4, 0.5) is 0 Å². The largest absolute Gasteiger partial charge is 0.495 e. The molecule has 0 N–H and O–H groups in total. The minimum atomic E-state index is -0.119. The van der Waals surface area contributed by atoms with E-state index in [1.807, 2.05) is 0 Å². The average Bonchev–Trinajstić information content (AvgIpc) is 2.75. The Balaban J connectivity index is 2.35. The fraction of sp³-hybridized carbons (Fsp3) is 0.154. The maximum Gasteiger partial charge on any atom is 0.196 e. The Morgan fingerprint density at radius 1 is 1.29 bits per heavy atom. The highest BCUT2D eigenvalue weighted by molar-refractivity contribution is 6.32. The Labute approximate surface area is 104 Å². The number of ether oxygens (including phenoxy) is 1. The molecule has 0 atom stereocenters. The van der Waals surface area contributed by atoms with Crippen LogP contribution in [0.15, 0.2) is 34.9 Å². The van der Waals surface area contributed by atoms with Gasteiger partial charge in [0.15, 0.2) is 5.78 Å². The summed E-state index contributed by atoms with van der Waals surface area (Å²) in [5, 5.41) is 0.415. The first kappa shape index (κ1) is 11.7. The quantitative estimate of drug-likeness (QED) is 0.783. The van der Waals surface area contributed by atoms with Gasteiger partial charge in [-0.05, 0) is 31.2 Å². The van der Waals surface area contributed by atoms with Crippen molar-refractivity contribution >= 4 is 17.4 Å². The van der Waals surface area contributed by atoms with E-state index in [0.29, 0.717) is 27.7 Å². The summed E-state index contributed by atoms with van der Waals surface area (Å²) in [5.74, 6) is 1.13. The molecule has 2 rings (SSSR count). The van der Waals surface area contributed by atoms with Crippen molar-refractivity contribution in [2.45, 2.75) is 6.92 Å². The Morgan fingerprint density at radius 2 is 2.06 bits per heavy atom. The molecule has 0 bridgehead atoms. The van der Waals surface area contributed by atoms with Crippen LogP contribution in [0.25, 0.3) is 0 Å². The molecule has 17 heavy (non-hydrogen) atoms. The summed E-state index contributed by atoms with van der Waals surface area (Å²) >= 11 is 5.97. The predicted octanol–water partition coefficient (Wildman–Crippen LogP) is 3.48. The lowest BCUT2D eigenvalue weighted by atomic mass is 10.1. The van der Waals surface area contributed by atoms with E-state index in [-0.39, 0.29) is 5.78 Å². The standard InChI is InChI=1S/C13H11ClO3/c1-8-5-10(7-17-8)13(15)9-3-4-12(16-2)11(14)6-9/h3-7H,1-2H3. The summed E-state index contributed by atoms with van der Waals surface area (Å²) in [5.41, 5.74) is 1.03. The van der Waals surface area contributed by atoms with Gasteiger partial charge in [-0.2, -0.15) is 0 Å². The second kappa shape index (κ2) is 4.63. The third-order valence-corrected chi connectivity index (χ3v) is 2.70. The van der Waals surface area contributed by atoms with Crippen LogP contribution in [-0.2, 0) is 0 Å². The first-order valence-electron chi connectivity index (χ1n) is 5.05. The normalized spacial score (nSPS) is 10.3. The number of methoxy groups -OCH3 is 1. The molecule has 88 valence electrons. The number of carbonyl (C=O) groups is 1. The third-order valence-electron chi connectivity index (χ3n) is 2.41. The van der Waals surface area contributed by atoms with Crippen molar-refractivity contribution in [1.29, 1.82) is 0 Å². The average molecular weight is 251 g/mol. The van der Waals surface area contributed by atoms with E-state index in [1.165, 1.54) is 13.4 Å². The molecule has 0 saturated carbocycles. The number of furan rings is 1. The van der Waals surface area contributed by atoms with E-state index < -0.39 is 0 Å². The number of hydrogen-bond acceptors (Lipinski definition) is 3. The summed E-state index contributed by atoms with van der Waals surface area (Å²) in [4.78, 5) is 12.1. The van der Waals surface area contributed by atoms with Crippen molar-refractivity contribution in [3.05, 3.63) is 52.4 Å². The van der Waals surface area contributed by atoms with Crippen LogP contribution in [0.5, 0.6) is 5.75 Å². The van der Waals surface area contributed by atoms with Gasteiger partial charge in [-0.1, -0.05) is 11.6 Å². The van der Waals surface area contributed by atoms with Gasteiger partial charge in [0.1, 0.15) is 17.8 Å². The maximum atomic E-state index is 12.1. The summed E-state index contributed by atoms with van der Waals surface area (Å²) in [6.45, 7) is 1.79. The molecule has 0 unspecified atom stereocenters. The van der Waals surface area contributed by atoms with Crippen molar-refractivity contribution in [2.24, 2.45) is 0 Å². The smallest absolute Gasteiger partial charge is 0.196 e. The third kappa shape index (κ3) is 2.34. The van der Waals surface area contributed by atoms with Gasteiger partial charge >= 0.3 is 0 Å². The van der Waals surface area contributed by atoms with Gasteiger partial charge in [-0.3, -0.25) is 4.79 Å². The highest BCUT2D eigenvalue weighted by Crippen LogP contribution is 2.26. The van der Waals surface area contributed by atoms with Crippen molar-refractivity contribution in [3.8, 4) is 5.75 Å². The molecule has 3 nitrogen and oxygen atoms in total. The molecule has 2 aromatic rings. The Hall–Kier alpha value is -1.74. The van der Waals surface area contributed by atoms with Crippen LogP contribution >= 0.6 is 11.6 Å². The van der Waals surface area contributed by atoms with Crippen molar-refractivity contribution in [3.63, 3.8) is 0 Å². The first-order chi connectivity index (χ1) is 8.11. The molecular weight excluding hydrogens is 240 g/mol. The van der Waals surface area contributed by atoms with Crippen LogP contribution in [0.2, 0.25) is 5.02 Å². The van der Waals surface area contributed by atoms with E-state index in [2.05, 4.69) is 0 Å². The molecule has 0 saturated heterocycles. The molecule has 0 aliphatic rings. The SMILES string of the molecule is COc1ccc(C(=O)c2coc(C)c2)cc1Cl. The van der Waals surface area contributed by atoms with Crippen LogP contribution < -0.4 is 4.74 Å². The lowest BCUT2D eigenvalue weighted by Crippen LogP contribution is -1.99. The van der Waals surface area contributed by atoms with Crippen LogP contribution in [0.1, 0.15) is 21.7 Å². The fourth-order valence-electron chi connectivity index (χ4n) is 1.54. The van der Waals surface area contributed by atoms with Gasteiger partial charge in [-0.25, -0.2) is 0 Å². The maximum absolute atomic E-state index is 12.1. The highest BCUT2D eigenvalue weighted by atomic mass is 35.5. The van der Waals surface area contributed by atoms with Gasteiger partial charge in [-0.15, -0.1) is 0 Å². The molecule has 1 aromatic heterocycles. The van der Waals surface area contributed by atoms with Crippen LogP contribution in [0, 0.1) is 6.92 Å². The van der Waals surface area contributed by atoms with Gasteiger partial charge in [0.25, 0.3) is 0 Å². The molecule has 1 aromatic carbocycles. The second-order valence-corrected chi connectivity index (χ2v) is 4.03. The topological polar surface area (TPSA) is 39.4 Å². The lowest BCUT2D eigenvalue weighted by molar-refractivity contribution is 0.103. The number of ketones is 1. The summed E-state index contributed by atoms with van der Waals surface area (Å²) < 4.78 is 10.1. The fourth-order valence-corrected chi connectivity index (χ4v) is 1.79. The highest BCUT2D eigenvalue weighted by Gasteiger charge is 2.13. The Bertz CT molecular complexity index is 558. The molecular formula is C13H11ClO3. The van der Waals surface area contributed by atoms with E-state index >= 15 is 0 Å². The number of rotatable bonds is 3. The number of benzene rings is 1. The van der Waals surface area contributed by atoms with Gasteiger partial charge < -0.3 is 9.15 Å². The number of hydrogen-bond donors (Lipinski definition) is 0. The van der Waals surface area contributed by atoms with E-state index in [4.69, 9.17) is 20.8 Å². The first-order valence-corrected chi connectivity index (χ1v) is 5.43. The van der Waals surface area contributed by atoms with Crippen molar-refractivity contribution < 1.29 is 13.9 Å². The zero-order valence-electron chi connectivity index (χ0n) is 9.49. The Kier molecular flexibility index (Phi) is 3.20. The number of aryl methyl sites for hydroxylation is 1. The van der Waals surface area contributed by atoms with Gasteiger partial charge in [0.05, 0.1) is 17.7 Å². The predicted molar refractivity (Wildman–Crippen MR) is 64.9 cm³/mol. The van der Waals surface area contributed by atoms with Crippen molar-refractivity contribution in [2.75, 3.05) is 7.11 Å². The van der Waals surface area contributed by atoms with E-state index in [9.17, 15) is 4.79 Å². The van der Waals surface area contributed by atoms with Crippen molar-refractivity contribution in [1.82, 2.24) is 0 Å². The van der Waals surface area contributed by atoms with E-state index in [0.717, 1.165) is 0 Å². The number of carbonyl (C=O) groups excluding carboxylic acids is 1. The van der Waals surface area contributed by atoms with Crippen LogP contribution in [-0.4, -0.2) is 12.9 Å². The monoisotopic (exact) mass is 250 g/mol. The Morgan fingerprint density at radius 3 is 2.59 bits per heavy atom. The molecule has 0 radical (unpaired) electrons. The summed E-state index contributed by atoms with van der Waals surface area (Å²) in [7, 11) is 1.53. The van der Waals surface area contributed by atoms with Gasteiger partial charge in [0.2, 0.25) is 0 Å². The molecule has 0 amide bonds.